The highest BCUT2D eigenvalue weighted by atomic mass is 32.1. The first-order valence-electron chi connectivity index (χ1n) is 7.71. The molecule has 0 amide bonds. The minimum Gasteiger partial charge on any atom is -0.464 e. The predicted molar refractivity (Wildman–Crippen MR) is 98.7 cm³/mol. The molecule has 0 saturated heterocycles. The summed E-state index contributed by atoms with van der Waals surface area (Å²) in [6.45, 7) is 0. The lowest BCUT2D eigenvalue weighted by Crippen LogP contribution is -1.99. The van der Waals surface area contributed by atoms with Gasteiger partial charge < -0.3 is 4.42 Å². The number of pyridine rings is 1. The van der Waals surface area contributed by atoms with Crippen LogP contribution in [-0.4, -0.2) is 15.2 Å². The van der Waals surface area contributed by atoms with E-state index in [9.17, 15) is 4.79 Å². The number of hydrogen-bond acceptors (Lipinski definition) is 5. The summed E-state index contributed by atoms with van der Waals surface area (Å²) in [4.78, 5) is 17.7. The van der Waals surface area contributed by atoms with E-state index in [2.05, 4.69) is 10.2 Å². The Bertz CT molecular complexity index is 1250. The van der Waals surface area contributed by atoms with Crippen LogP contribution in [0.4, 0.5) is 0 Å². The molecule has 0 atom stereocenters. The minimum atomic E-state index is -0.108. The Labute approximate surface area is 145 Å². The van der Waals surface area contributed by atoms with Crippen LogP contribution in [0.3, 0.4) is 0 Å². The van der Waals surface area contributed by atoms with E-state index in [1.165, 1.54) is 17.5 Å². The Balaban J connectivity index is 1.94. The molecule has 4 aromatic heterocycles. The zero-order valence-corrected chi connectivity index (χ0v) is 13.7. The predicted octanol–water partition coefficient (Wildman–Crippen LogP) is 4.46. The van der Waals surface area contributed by atoms with Gasteiger partial charge in [-0.2, -0.15) is 5.10 Å². The SMILES string of the molecule is O=c1cn[nH]c2c1sc1nc(-c3ccccc3)cc(-c3ccco3)c12. The van der Waals surface area contributed by atoms with Crippen LogP contribution in [-0.2, 0) is 0 Å². The van der Waals surface area contributed by atoms with Gasteiger partial charge in [0.1, 0.15) is 15.3 Å². The van der Waals surface area contributed by atoms with Crippen LogP contribution in [0.5, 0.6) is 0 Å². The van der Waals surface area contributed by atoms with E-state index in [-0.39, 0.29) is 5.43 Å². The third-order valence-corrected chi connectivity index (χ3v) is 5.20. The van der Waals surface area contributed by atoms with Crippen molar-refractivity contribution in [1.29, 1.82) is 0 Å². The van der Waals surface area contributed by atoms with Gasteiger partial charge in [0.05, 0.1) is 23.7 Å². The van der Waals surface area contributed by atoms with Crippen molar-refractivity contribution in [2.24, 2.45) is 0 Å². The van der Waals surface area contributed by atoms with Gasteiger partial charge in [-0.3, -0.25) is 9.89 Å². The molecule has 0 spiro atoms. The van der Waals surface area contributed by atoms with Crippen LogP contribution in [0.2, 0.25) is 0 Å². The molecular weight excluding hydrogens is 334 g/mol. The van der Waals surface area contributed by atoms with Crippen molar-refractivity contribution < 1.29 is 4.42 Å². The molecule has 5 nitrogen and oxygen atoms in total. The molecule has 1 N–H and O–H groups in total. The Morgan fingerprint density at radius 2 is 1.96 bits per heavy atom. The van der Waals surface area contributed by atoms with Gasteiger partial charge in [0.15, 0.2) is 0 Å². The monoisotopic (exact) mass is 345 g/mol. The van der Waals surface area contributed by atoms with Gasteiger partial charge in [0.25, 0.3) is 0 Å². The van der Waals surface area contributed by atoms with Crippen LogP contribution >= 0.6 is 11.3 Å². The smallest absolute Gasteiger partial charge is 0.217 e. The zero-order chi connectivity index (χ0) is 16.8. The van der Waals surface area contributed by atoms with Crippen molar-refractivity contribution in [1.82, 2.24) is 15.2 Å². The maximum absolute atomic E-state index is 12.2. The van der Waals surface area contributed by atoms with Crippen LogP contribution in [0.15, 0.2) is 70.2 Å². The van der Waals surface area contributed by atoms with E-state index in [1.807, 2.05) is 48.5 Å². The molecule has 0 unspecified atom stereocenters. The van der Waals surface area contributed by atoms with Gasteiger partial charge in [-0.25, -0.2) is 4.98 Å². The lowest BCUT2D eigenvalue weighted by atomic mass is 10.0. The van der Waals surface area contributed by atoms with Gasteiger partial charge in [-0.1, -0.05) is 30.3 Å². The van der Waals surface area contributed by atoms with Crippen molar-refractivity contribution in [3.63, 3.8) is 0 Å². The second-order valence-electron chi connectivity index (χ2n) is 5.62. The van der Waals surface area contributed by atoms with Crippen molar-refractivity contribution in [2.45, 2.75) is 0 Å². The topological polar surface area (TPSA) is 71.8 Å². The number of fused-ring (bicyclic) bond motifs is 3. The molecule has 0 radical (unpaired) electrons. The Kier molecular flexibility index (Phi) is 3.05. The van der Waals surface area contributed by atoms with Gasteiger partial charge in [0.2, 0.25) is 5.43 Å². The van der Waals surface area contributed by atoms with E-state index < -0.39 is 0 Å². The van der Waals surface area contributed by atoms with E-state index in [4.69, 9.17) is 9.40 Å². The molecule has 0 saturated carbocycles. The number of thiophene rings is 1. The third-order valence-electron chi connectivity index (χ3n) is 4.10. The number of furan rings is 1. The normalized spacial score (nSPS) is 11.4. The van der Waals surface area contributed by atoms with Crippen molar-refractivity contribution >= 4 is 31.8 Å². The molecule has 120 valence electrons. The largest absolute Gasteiger partial charge is 0.464 e. The van der Waals surface area contributed by atoms with Crippen LogP contribution in [0.25, 0.3) is 43.0 Å². The summed E-state index contributed by atoms with van der Waals surface area (Å²) >= 11 is 1.37. The van der Waals surface area contributed by atoms with Crippen molar-refractivity contribution in [3.8, 4) is 22.6 Å². The summed E-state index contributed by atoms with van der Waals surface area (Å²) in [7, 11) is 0. The summed E-state index contributed by atoms with van der Waals surface area (Å²) in [5, 5.41) is 7.76. The minimum absolute atomic E-state index is 0.108. The Morgan fingerprint density at radius 1 is 1.08 bits per heavy atom. The van der Waals surface area contributed by atoms with E-state index in [0.717, 1.165) is 32.8 Å². The highest BCUT2D eigenvalue weighted by molar-refractivity contribution is 7.25. The maximum Gasteiger partial charge on any atom is 0.217 e. The number of hydrogen-bond donors (Lipinski definition) is 1. The Hall–Kier alpha value is -3.25. The fourth-order valence-electron chi connectivity index (χ4n) is 2.98. The van der Waals surface area contributed by atoms with Gasteiger partial charge in [-0.05, 0) is 18.2 Å². The lowest BCUT2D eigenvalue weighted by Gasteiger charge is -2.06. The molecule has 25 heavy (non-hydrogen) atoms. The molecule has 6 heteroatoms. The first-order chi connectivity index (χ1) is 12.3. The molecule has 5 rings (SSSR count). The number of rotatable bonds is 2. The highest BCUT2D eigenvalue weighted by Gasteiger charge is 2.18. The molecular formula is C19H11N3O2S. The average molecular weight is 345 g/mol. The first-order valence-corrected chi connectivity index (χ1v) is 8.53. The summed E-state index contributed by atoms with van der Waals surface area (Å²) in [6.07, 6.45) is 2.93. The molecule has 0 bridgehead atoms. The lowest BCUT2D eigenvalue weighted by molar-refractivity contribution is 0.583. The number of benzene rings is 1. The average Bonchev–Trinajstić information content (AvgIpc) is 3.30. The Morgan fingerprint density at radius 3 is 2.76 bits per heavy atom. The molecule has 5 aromatic rings. The second-order valence-corrected chi connectivity index (χ2v) is 6.62. The number of nitrogens with one attached hydrogen (secondary N) is 1. The molecule has 0 fully saturated rings. The fourth-order valence-corrected chi connectivity index (χ4v) is 4.03. The summed E-state index contributed by atoms with van der Waals surface area (Å²) in [5.41, 5.74) is 3.34. The standard InChI is InChI=1S/C19H11N3O2S/c23-14-10-20-22-17-16-12(15-7-4-8-24-15)9-13(11-5-2-1-3-6-11)21-19(16)25-18(14)17/h1-10H,(H,22,23). The van der Waals surface area contributed by atoms with Crippen LogP contribution in [0.1, 0.15) is 0 Å². The van der Waals surface area contributed by atoms with Crippen molar-refractivity contribution in [2.75, 3.05) is 0 Å². The van der Waals surface area contributed by atoms with Crippen LogP contribution < -0.4 is 5.43 Å². The molecule has 0 aliphatic heterocycles. The second kappa shape index (κ2) is 5.39. The fraction of sp³-hybridized carbons (Fsp3) is 0. The first kappa shape index (κ1) is 14.1. The van der Waals surface area contributed by atoms with Gasteiger partial charge in [0, 0.05) is 16.5 Å². The van der Waals surface area contributed by atoms with E-state index >= 15 is 0 Å². The van der Waals surface area contributed by atoms with E-state index in [0.29, 0.717) is 10.2 Å². The zero-order valence-electron chi connectivity index (χ0n) is 12.9. The van der Waals surface area contributed by atoms with Gasteiger partial charge in [-0.15, -0.1) is 11.3 Å². The number of aromatic amines is 1. The summed E-state index contributed by atoms with van der Waals surface area (Å²) in [6, 6.07) is 15.7. The quantitative estimate of drug-likeness (QED) is 0.513. The number of H-pyrrole nitrogens is 1. The van der Waals surface area contributed by atoms with Crippen molar-refractivity contribution in [3.05, 3.63) is 71.2 Å². The number of aromatic nitrogens is 3. The summed E-state index contributed by atoms with van der Waals surface area (Å²) < 4.78 is 6.25. The van der Waals surface area contributed by atoms with E-state index in [1.54, 1.807) is 6.26 Å². The molecule has 0 aliphatic carbocycles. The summed E-state index contributed by atoms with van der Waals surface area (Å²) in [5.74, 6) is 0.731. The molecule has 4 heterocycles. The molecule has 0 aliphatic rings. The van der Waals surface area contributed by atoms with Crippen LogP contribution in [0, 0.1) is 0 Å². The maximum atomic E-state index is 12.2. The van der Waals surface area contributed by atoms with Gasteiger partial charge >= 0.3 is 0 Å². The number of nitrogens with zero attached hydrogens (tertiary/aromatic N) is 2. The highest BCUT2D eigenvalue weighted by Crippen LogP contribution is 2.39. The molecule has 1 aromatic carbocycles. The third kappa shape index (κ3) is 2.19.